The fourth-order valence-electron chi connectivity index (χ4n) is 4.22. The first kappa shape index (κ1) is 32.4. The van der Waals surface area contributed by atoms with Gasteiger partial charge in [-0.05, 0) is 83.3 Å². The van der Waals surface area contributed by atoms with E-state index < -0.39 is 0 Å². The maximum absolute atomic E-state index is 12.4. The molecule has 0 aliphatic rings. The number of hydrogen-bond acceptors (Lipinski definition) is 2. The van der Waals surface area contributed by atoms with Crippen LogP contribution in [0.25, 0.3) is 0 Å². The highest BCUT2D eigenvalue weighted by atomic mass is 16.5. The summed E-state index contributed by atoms with van der Waals surface area (Å²) in [6.45, 7) is 32.2. The summed E-state index contributed by atoms with van der Waals surface area (Å²) in [5, 5.41) is 0. The van der Waals surface area contributed by atoms with Crippen LogP contribution in [0.5, 0.6) is 0 Å². The molecule has 0 radical (unpaired) electrons. The third kappa shape index (κ3) is 15.8. The van der Waals surface area contributed by atoms with Crippen LogP contribution >= 0.6 is 0 Å². The van der Waals surface area contributed by atoms with Gasteiger partial charge in [-0.1, -0.05) is 87.3 Å². The van der Waals surface area contributed by atoms with Crippen molar-refractivity contribution in [3.8, 4) is 0 Å². The lowest BCUT2D eigenvalue weighted by Crippen LogP contribution is -2.28. The zero-order valence-electron chi connectivity index (χ0n) is 22.7. The molecule has 0 aliphatic heterocycles. The lowest BCUT2D eigenvalue weighted by atomic mass is 9.73. The topological polar surface area (TPSA) is 26.3 Å². The van der Waals surface area contributed by atoms with E-state index in [4.69, 9.17) is 4.74 Å². The number of hydrogen-bond donors (Lipinski definition) is 0. The second kappa shape index (κ2) is 18.7. The highest BCUT2D eigenvalue weighted by Crippen LogP contribution is 2.39. The van der Waals surface area contributed by atoms with Gasteiger partial charge in [0.2, 0.25) is 0 Å². The van der Waals surface area contributed by atoms with Gasteiger partial charge < -0.3 is 4.74 Å². The van der Waals surface area contributed by atoms with Crippen molar-refractivity contribution >= 4 is 5.78 Å². The molecule has 0 aromatic carbocycles. The molecule has 0 N–H and O–H groups in total. The summed E-state index contributed by atoms with van der Waals surface area (Å²) >= 11 is 0. The molecule has 0 amide bonds. The summed E-state index contributed by atoms with van der Waals surface area (Å²) in [7, 11) is 0. The largest absolute Gasteiger partial charge is 0.494 e. The molecule has 0 rings (SSSR count). The van der Waals surface area contributed by atoms with Gasteiger partial charge in [0.25, 0.3) is 0 Å². The predicted octanol–water partition coefficient (Wildman–Crippen LogP) is 9.80. The summed E-state index contributed by atoms with van der Waals surface area (Å²) < 4.78 is 6.01. The summed E-state index contributed by atoms with van der Waals surface area (Å²) in [4.78, 5) is 12.4. The molecule has 2 heteroatoms. The van der Waals surface area contributed by atoms with Crippen molar-refractivity contribution in [1.29, 1.82) is 0 Å². The fraction of sp³-hybridized carbons (Fsp3) is 0.485. The van der Waals surface area contributed by atoms with Gasteiger partial charge in [0.1, 0.15) is 5.76 Å². The molecular weight excluding hydrogens is 428 g/mol. The average Bonchev–Trinajstić information content (AvgIpc) is 2.85. The van der Waals surface area contributed by atoms with Gasteiger partial charge in [0.15, 0.2) is 5.78 Å². The highest BCUT2D eigenvalue weighted by Gasteiger charge is 2.31. The molecule has 0 bridgehead atoms. The third-order valence-electron chi connectivity index (χ3n) is 6.77. The molecule has 0 spiro atoms. The van der Waals surface area contributed by atoms with Crippen molar-refractivity contribution in [3.63, 3.8) is 0 Å². The van der Waals surface area contributed by atoms with Gasteiger partial charge in [-0.25, -0.2) is 0 Å². The van der Waals surface area contributed by atoms with Crippen molar-refractivity contribution in [2.75, 3.05) is 6.61 Å². The highest BCUT2D eigenvalue weighted by molar-refractivity contribution is 5.89. The Labute approximate surface area is 216 Å². The predicted molar refractivity (Wildman–Crippen MR) is 155 cm³/mol. The molecule has 0 aromatic rings. The molecule has 0 saturated carbocycles. The van der Waals surface area contributed by atoms with Gasteiger partial charge in [0.05, 0.1) is 6.61 Å². The summed E-state index contributed by atoms with van der Waals surface area (Å²) in [6.07, 6.45) is 19.3. The number of ether oxygens (including phenoxy) is 1. The number of rotatable bonds is 23. The van der Waals surface area contributed by atoms with Gasteiger partial charge in [0, 0.05) is 11.8 Å². The van der Waals surface area contributed by atoms with E-state index >= 15 is 0 Å². The normalized spacial score (nSPS) is 13.4. The lowest BCUT2D eigenvalue weighted by molar-refractivity contribution is -0.115. The number of carbonyl (C=O) groups is 1. The molecule has 194 valence electrons. The van der Waals surface area contributed by atoms with Crippen LogP contribution in [0.1, 0.15) is 84.5 Å². The molecule has 0 heterocycles. The standard InChI is InChI=1S/C33H50O2/c1-10-15-32(34)22-25-33(24-21-29(8)12-3,26-35-30(9)13-4)23-14-16-31(19-17-27(5)6)20-18-28(7)11-2/h10-13,15,31H,2-5,7-9,14,16-26H2,1,6H3/b15-10-. The Bertz CT molecular complexity index is 753. The first-order valence-corrected chi connectivity index (χ1v) is 13.0. The molecule has 0 fully saturated rings. The van der Waals surface area contributed by atoms with E-state index in [2.05, 4.69) is 53.0 Å². The van der Waals surface area contributed by atoms with E-state index in [-0.39, 0.29) is 11.2 Å². The van der Waals surface area contributed by atoms with Crippen LogP contribution in [0, 0.1) is 11.3 Å². The van der Waals surface area contributed by atoms with Crippen molar-refractivity contribution in [1.82, 2.24) is 0 Å². The number of ketones is 1. The molecule has 0 aliphatic carbocycles. The minimum absolute atomic E-state index is 0.140. The SMILES string of the molecule is C=CC(=C)CCC(CCCC(CCC(=C)C=C)(CCC(=O)/C=C\C)COC(=C)C=C)CCC(=C)C. The Morgan fingerprint density at radius 2 is 1.43 bits per heavy atom. The molecule has 0 aromatic heterocycles. The second-order valence-electron chi connectivity index (χ2n) is 9.94. The van der Waals surface area contributed by atoms with E-state index in [0.29, 0.717) is 24.7 Å². The van der Waals surface area contributed by atoms with E-state index in [9.17, 15) is 4.79 Å². The number of allylic oxidation sites excluding steroid dienone is 8. The Morgan fingerprint density at radius 1 is 0.829 bits per heavy atom. The third-order valence-corrected chi connectivity index (χ3v) is 6.77. The van der Waals surface area contributed by atoms with Gasteiger partial charge in [-0.3, -0.25) is 4.79 Å². The zero-order valence-corrected chi connectivity index (χ0v) is 22.7. The Kier molecular flexibility index (Phi) is 17.3. The van der Waals surface area contributed by atoms with E-state index in [1.54, 1.807) is 12.2 Å². The number of carbonyl (C=O) groups excluding carboxylic acids is 1. The van der Waals surface area contributed by atoms with E-state index in [1.165, 1.54) is 5.57 Å². The van der Waals surface area contributed by atoms with E-state index in [0.717, 1.165) is 75.4 Å². The molecule has 2 unspecified atom stereocenters. The van der Waals surface area contributed by atoms with Crippen LogP contribution < -0.4 is 0 Å². The Balaban J connectivity index is 5.58. The molecular formula is C33H50O2. The minimum atomic E-state index is -0.140. The molecule has 0 saturated heterocycles. The Morgan fingerprint density at radius 3 is 2.00 bits per heavy atom. The van der Waals surface area contributed by atoms with Crippen molar-refractivity contribution < 1.29 is 9.53 Å². The molecule has 35 heavy (non-hydrogen) atoms. The van der Waals surface area contributed by atoms with Crippen LogP contribution in [0.3, 0.4) is 0 Å². The Hall–Kier alpha value is -2.61. The smallest absolute Gasteiger partial charge is 0.155 e. The average molecular weight is 479 g/mol. The first-order valence-electron chi connectivity index (χ1n) is 13.0. The van der Waals surface area contributed by atoms with Crippen LogP contribution in [0.4, 0.5) is 0 Å². The fourth-order valence-corrected chi connectivity index (χ4v) is 4.22. The lowest BCUT2D eigenvalue weighted by Gasteiger charge is -2.35. The van der Waals surface area contributed by atoms with Gasteiger partial charge >= 0.3 is 0 Å². The van der Waals surface area contributed by atoms with Crippen LogP contribution in [0.2, 0.25) is 0 Å². The van der Waals surface area contributed by atoms with Gasteiger partial charge in [-0.2, -0.15) is 0 Å². The van der Waals surface area contributed by atoms with Crippen molar-refractivity contribution in [2.45, 2.75) is 84.5 Å². The quantitative estimate of drug-likeness (QED) is 0.0632. The van der Waals surface area contributed by atoms with Crippen molar-refractivity contribution in [3.05, 3.63) is 98.9 Å². The van der Waals surface area contributed by atoms with Crippen LogP contribution in [-0.4, -0.2) is 12.4 Å². The van der Waals surface area contributed by atoms with E-state index in [1.807, 2.05) is 25.2 Å². The maximum Gasteiger partial charge on any atom is 0.155 e. The van der Waals surface area contributed by atoms with Gasteiger partial charge in [-0.15, -0.1) is 6.58 Å². The molecule has 2 atom stereocenters. The monoisotopic (exact) mass is 478 g/mol. The summed E-state index contributed by atoms with van der Waals surface area (Å²) in [5.74, 6) is 1.33. The van der Waals surface area contributed by atoms with Crippen LogP contribution in [0.15, 0.2) is 98.9 Å². The van der Waals surface area contributed by atoms with Crippen LogP contribution in [-0.2, 0) is 9.53 Å². The zero-order chi connectivity index (χ0) is 26.7. The summed E-state index contributed by atoms with van der Waals surface area (Å²) in [6, 6.07) is 0. The summed E-state index contributed by atoms with van der Waals surface area (Å²) in [5.41, 5.74) is 3.20. The van der Waals surface area contributed by atoms with Crippen molar-refractivity contribution in [2.24, 2.45) is 11.3 Å². The minimum Gasteiger partial charge on any atom is -0.494 e. The molecule has 2 nitrogen and oxygen atoms in total. The second-order valence-corrected chi connectivity index (χ2v) is 9.94. The maximum atomic E-state index is 12.4. The first-order chi connectivity index (χ1) is 16.6.